The van der Waals surface area contributed by atoms with E-state index in [0.717, 1.165) is 34.0 Å². The maximum absolute atomic E-state index is 2.34. The number of nitrogens with zero attached hydrogens (tertiary/aromatic N) is 2. The molecule has 0 radical (unpaired) electrons. The first-order valence-corrected chi connectivity index (χ1v) is 16.8. The summed E-state index contributed by atoms with van der Waals surface area (Å²) in [6, 6.07) is 62.9. The van der Waals surface area contributed by atoms with Gasteiger partial charge in [-0.2, -0.15) is 0 Å². The van der Waals surface area contributed by atoms with Crippen LogP contribution in [0.4, 0.5) is 34.1 Å². The molecular formula is C47H40N2. The standard InChI is InChI=1S/C47H40N2/c1-35-14-26-44(27-15-35)49(47-33-36(2)32-37(3)34-47)46-30-24-41(25-31-46)40-22-18-38(19-23-40)16-17-39-20-28-45(29-21-39)48(42-10-6-4-7-11-42)43-12-8-5-9-13-43/h4-34H,1-3H3. The molecule has 0 unspecified atom stereocenters. The lowest BCUT2D eigenvalue weighted by molar-refractivity contribution is 1.25. The molecule has 0 aromatic heterocycles. The highest BCUT2D eigenvalue weighted by molar-refractivity contribution is 5.80. The maximum Gasteiger partial charge on any atom is 0.0466 e. The normalized spacial score (nSPS) is 11.1. The molecule has 0 spiro atoms. The van der Waals surface area contributed by atoms with Crippen LogP contribution in [0.25, 0.3) is 23.3 Å². The van der Waals surface area contributed by atoms with Crippen molar-refractivity contribution in [2.24, 2.45) is 0 Å². The SMILES string of the molecule is Cc1ccc(N(c2ccc(-c3ccc(C=Cc4ccc(N(c5ccccc5)c5ccccc5)cc4)cc3)cc2)c2cc(C)cc(C)c2)cc1. The molecule has 0 fully saturated rings. The van der Waals surface area contributed by atoms with Crippen LogP contribution in [0.3, 0.4) is 0 Å². The van der Waals surface area contributed by atoms with Crippen LogP contribution in [0.2, 0.25) is 0 Å². The van der Waals surface area contributed by atoms with Gasteiger partial charge in [0.15, 0.2) is 0 Å². The van der Waals surface area contributed by atoms with Crippen molar-refractivity contribution in [1.29, 1.82) is 0 Å². The number of benzene rings is 7. The first-order chi connectivity index (χ1) is 24.0. The van der Waals surface area contributed by atoms with Crippen molar-refractivity contribution in [2.75, 3.05) is 9.80 Å². The second kappa shape index (κ2) is 14.3. The van der Waals surface area contributed by atoms with Gasteiger partial charge >= 0.3 is 0 Å². The fourth-order valence-electron chi connectivity index (χ4n) is 6.34. The smallest absolute Gasteiger partial charge is 0.0466 e. The zero-order valence-electron chi connectivity index (χ0n) is 28.3. The van der Waals surface area contributed by atoms with Crippen LogP contribution in [0.5, 0.6) is 0 Å². The summed E-state index contributed by atoms with van der Waals surface area (Å²) >= 11 is 0. The van der Waals surface area contributed by atoms with Crippen LogP contribution < -0.4 is 9.80 Å². The van der Waals surface area contributed by atoms with Crippen LogP contribution in [-0.2, 0) is 0 Å². The van der Waals surface area contributed by atoms with Crippen LogP contribution in [-0.4, -0.2) is 0 Å². The summed E-state index contributed by atoms with van der Waals surface area (Å²) in [6.45, 7) is 6.45. The Morgan fingerprint density at radius 1 is 0.306 bits per heavy atom. The lowest BCUT2D eigenvalue weighted by Crippen LogP contribution is -2.10. The third-order valence-electron chi connectivity index (χ3n) is 8.77. The van der Waals surface area contributed by atoms with E-state index in [2.05, 4.69) is 219 Å². The predicted octanol–water partition coefficient (Wildman–Crippen LogP) is 13.4. The fraction of sp³-hybridized carbons (Fsp3) is 0.0638. The van der Waals surface area contributed by atoms with Crippen molar-refractivity contribution in [3.63, 3.8) is 0 Å². The Hall–Kier alpha value is -6.12. The van der Waals surface area contributed by atoms with E-state index < -0.39 is 0 Å². The van der Waals surface area contributed by atoms with E-state index in [0.29, 0.717) is 0 Å². The minimum absolute atomic E-state index is 1.13. The molecule has 7 aromatic carbocycles. The summed E-state index contributed by atoms with van der Waals surface area (Å²) in [6.07, 6.45) is 4.35. The van der Waals surface area contributed by atoms with Gasteiger partial charge in [0.1, 0.15) is 0 Å². The summed E-state index contributed by atoms with van der Waals surface area (Å²) in [4.78, 5) is 4.62. The van der Waals surface area contributed by atoms with Gasteiger partial charge in [0.25, 0.3) is 0 Å². The Kier molecular flexibility index (Phi) is 9.21. The maximum atomic E-state index is 2.34. The molecule has 2 nitrogen and oxygen atoms in total. The topological polar surface area (TPSA) is 6.48 Å². The molecule has 0 amide bonds. The van der Waals surface area contributed by atoms with Gasteiger partial charge in [-0.3, -0.25) is 0 Å². The van der Waals surface area contributed by atoms with Gasteiger partial charge in [0, 0.05) is 34.1 Å². The molecule has 0 aliphatic heterocycles. The number of rotatable bonds is 9. The number of hydrogen-bond donors (Lipinski definition) is 0. The monoisotopic (exact) mass is 632 g/mol. The van der Waals surface area contributed by atoms with Crippen molar-refractivity contribution in [2.45, 2.75) is 20.8 Å². The number of aryl methyl sites for hydroxylation is 3. The third-order valence-corrected chi connectivity index (χ3v) is 8.77. The van der Waals surface area contributed by atoms with Gasteiger partial charge in [0.2, 0.25) is 0 Å². The zero-order valence-corrected chi connectivity index (χ0v) is 28.3. The zero-order chi connectivity index (χ0) is 33.6. The highest BCUT2D eigenvalue weighted by atomic mass is 15.1. The molecule has 0 atom stereocenters. The highest BCUT2D eigenvalue weighted by Gasteiger charge is 2.14. The Balaban J connectivity index is 1.08. The van der Waals surface area contributed by atoms with Gasteiger partial charge in [-0.15, -0.1) is 0 Å². The van der Waals surface area contributed by atoms with Crippen molar-refractivity contribution >= 4 is 46.3 Å². The number of hydrogen-bond acceptors (Lipinski definition) is 2. The predicted molar refractivity (Wildman–Crippen MR) is 211 cm³/mol. The lowest BCUT2D eigenvalue weighted by atomic mass is 10.0. The Morgan fingerprint density at radius 2 is 0.653 bits per heavy atom. The molecule has 2 heteroatoms. The summed E-state index contributed by atoms with van der Waals surface area (Å²) in [7, 11) is 0. The first-order valence-electron chi connectivity index (χ1n) is 16.8. The van der Waals surface area contributed by atoms with Gasteiger partial charge in [0.05, 0.1) is 0 Å². The van der Waals surface area contributed by atoms with Gasteiger partial charge < -0.3 is 9.80 Å². The summed E-state index contributed by atoms with van der Waals surface area (Å²) < 4.78 is 0. The molecule has 238 valence electrons. The quantitative estimate of drug-likeness (QED) is 0.146. The Labute approximate surface area is 290 Å². The summed E-state index contributed by atoms with van der Waals surface area (Å²) in [5.74, 6) is 0. The molecule has 49 heavy (non-hydrogen) atoms. The van der Waals surface area contributed by atoms with Crippen LogP contribution >= 0.6 is 0 Å². The van der Waals surface area contributed by atoms with Crippen molar-refractivity contribution in [3.8, 4) is 11.1 Å². The average molecular weight is 633 g/mol. The number of anilines is 6. The second-order valence-electron chi connectivity index (χ2n) is 12.6. The molecule has 7 aromatic rings. The van der Waals surface area contributed by atoms with E-state index in [4.69, 9.17) is 0 Å². The molecule has 0 aliphatic rings. The Morgan fingerprint density at radius 3 is 1.12 bits per heavy atom. The molecular weight excluding hydrogens is 593 g/mol. The molecule has 0 bridgehead atoms. The van der Waals surface area contributed by atoms with Gasteiger partial charge in [-0.05, 0) is 127 Å². The van der Waals surface area contributed by atoms with Gasteiger partial charge in [-0.25, -0.2) is 0 Å². The van der Waals surface area contributed by atoms with E-state index in [-0.39, 0.29) is 0 Å². The fourth-order valence-corrected chi connectivity index (χ4v) is 6.34. The molecule has 7 rings (SSSR count). The molecule has 0 N–H and O–H groups in total. The number of para-hydroxylation sites is 2. The average Bonchev–Trinajstić information content (AvgIpc) is 3.13. The van der Waals surface area contributed by atoms with Crippen molar-refractivity contribution in [1.82, 2.24) is 0 Å². The van der Waals surface area contributed by atoms with Crippen LogP contribution in [0.1, 0.15) is 27.8 Å². The minimum Gasteiger partial charge on any atom is -0.311 e. The highest BCUT2D eigenvalue weighted by Crippen LogP contribution is 2.37. The van der Waals surface area contributed by atoms with E-state index in [9.17, 15) is 0 Å². The largest absolute Gasteiger partial charge is 0.311 e. The second-order valence-corrected chi connectivity index (χ2v) is 12.6. The molecule has 0 saturated heterocycles. The van der Waals surface area contributed by atoms with E-state index in [1.807, 2.05) is 0 Å². The molecule has 0 heterocycles. The van der Waals surface area contributed by atoms with Gasteiger partial charge in [-0.1, -0.05) is 121 Å². The third kappa shape index (κ3) is 7.40. The summed E-state index contributed by atoms with van der Waals surface area (Å²) in [5, 5.41) is 0. The summed E-state index contributed by atoms with van der Waals surface area (Å²) in [5.41, 5.74) is 15.3. The van der Waals surface area contributed by atoms with E-state index in [1.165, 1.54) is 39.1 Å². The molecule has 0 saturated carbocycles. The minimum atomic E-state index is 1.13. The van der Waals surface area contributed by atoms with Crippen molar-refractivity contribution in [3.05, 3.63) is 204 Å². The van der Waals surface area contributed by atoms with Crippen molar-refractivity contribution < 1.29 is 0 Å². The Bertz CT molecular complexity index is 2090. The van der Waals surface area contributed by atoms with E-state index >= 15 is 0 Å². The van der Waals surface area contributed by atoms with E-state index in [1.54, 1.807) is 0 Å². The van der Waals surface area contributed by atoms with Crippen LogP contribution in [0.15, 0.2) is 176 Å². The molecule has 0 aliphatic carbocycles. The first kappa shape index (κ1) is 31.5. The van der Waals surface area contributed by atoms with Crippen LogP contribution in [0, 0.1) is 20.8 Å². The lowest BCUT2D eigenvalue weighted by Gasteiger charge is -2.26.